The maximum Gasteiger partial charge on any atom is 0.191 e. The molecule has 1 unspecified atom stereocenters. The predicted molar refractivity (Wildman–Crippen MR) is 109 cm³/mol. The topological polar surface area (TPSA) is 58.1 Å². The van der Waals surface area contributed by atoms with Crippen molar-refractivity contribution in [3.8, 4) is 0 Å². The van der Waals surface area contributed by atoms with E-state index in [0.717, 1.165) is 38.8 Å². The zero-order chi connectivity index (χ0) is 16.5. The predicted octanol–water partition coefficient (Wildman–Crippen LogP) is 1.84. The van der Waals surface area contributed by atoms with E-state index in [1.54, 1.807) is 7.11 Å². The molecule has 1 aliphatic carbocycles. The Morgan fingerprint density at radius 3 is 2.50 bits per heavy atom. The Morgan fingerprint density at radius 1 is 1.25 bits per heavy atom. The van der Waals surface area contributed by atoms with Crippen LogP contribution in [0.25, 0.3) is 0 Å². The molecule has 6 nitrogen and oxygen atoms in total. The van der Waals surface area contributed by atoms with Gasteiger partial charge in [0.25, 0.3) is 0 Å². The van der Waals surface area contributed by atoms with Crippen molar-refractivity contribution in [1.29, 1.82) is 0 Å². The monoisotopic (exact) mass is 454 g/mol. The van der Waals surface area contributed by atoms with Crippen LogP contribution in [0.2, 0.25) is 0 Å². The van der Waals surface area contributed by atoms with E-state index < -0.39 is 0 Å². The summed E-state index contributed by atoms with van der Waals surface area (Å²) in [5.41, 5.74) is 0.254. The third-order valence-electron chi connectivity index (χ3n) is 5.07. The summed E-state index contributed by atoms with van der Waals surface area (Å²) < 4.78 is 10.7. The van der Waals surface area contributed by atoms with E-state index in [9.17, 15) is 0 Å². The summed E-state index contributed by atoms with van der Waals surface area (Å²) in [7, 11) is 3.56. The lowest BCUT2D eigenvalue weighted by Gasteiger charge is -2.48. The van der Waals surface area contributed by atoms with Gasteiger partial charge in [-0.1, -0.05) is 19.3 Å². The first kappa shape index (κ1) is 21.9. The lowest BCUT2D eigenvalue weighted by Crippen LogP contribution is -2.61. The molecule has 142 valence electrons. The summed E-state index contributed by atoms with van der Waals surface area (Å²) in [6, 6.07) is 0.247. The number of methoxy groups -OCH3 is 1. The molecule has 1 atom stereocenters. The average molecular weight is 454 g/mol. The van der Waals surface area contributed by atoms with Gasteiger partial charge in [-0.15, -0.1) is 24.0 Å². The lowest BCUT2D eigenvalue weighted by molar-refractivity contribution is -0.0353. The van der Waals surface area contributed by atoms with Crippen molar-refractivity contribution in [2.75, 3.05) is 53.6 Å². The molecule has 1 saturated heterocycles. The van der Waals surface area contributed by atoms with E-state index in [2.05, 4.69) is 27.4 Å². The van der Waals surface area contributed by atoms with Gasteiger partial charge in [-0.3, -0.25) is 9.89 Å². The van der Waals surface area contributed by atoms with Crippen LogP contribution in [-0.2, 0) is 9.47 Å². The zero-order valence-corrected chi connectivity index (χ0v) is 17.8. The van der Waals surface area contributed by atoms with E-state index >= 15 is 0 Å². The molecule has 2 N–H and O–H groups in total. The molecule has 1 saturated carbocycles. The number of hydrogen-bond donors (Lipinski definition) is 2. The van der Waals surface area contributed by atoms with E-state index in [4.69, 9.17) is 9.47 Å². The molecular formula is C17H35IN4O2. The van der Waals surface area contributed by atoms with Crippen LogP contribution in [0.3, 0.4) is 0 Å². The molecule has 0 aromatic heterocycles. The van der Waals surface area contributed by atoms with Crippen LogP contribution in [0.1, 0.15) is 39.0 Å². The van der Waals surface area contributed by atoms with Gasteiger partial charge in [-0.2, -0.15) is 0 Å². The van der Waals surface area contributed by atoms with Gasteiger partial charge in [0.2, 0.25) is 0 Å². The lowest BCUT2D eigenvalue weighted by atomic mass is 9.80. The van der Waals surface area contributed by atoms with E-state index in [-0.39, 0.29) is 35.6 Å². The van der Waals surface area contributed by atoms with Gasteiger partial charge in [0.05, 0.1) is 19.8 Å². The normalized spacial score (nSPS) is 23.2. The molecule has 0 bridgehead atoms. The molecule has 2 fully saturated rings. The fraction of sp³-hybridized carbons (Fsp3) is 0.941. The van der Waals surface area contributed by atoms with Crippen LogP contribution in [0.5, 0.6) is 0 Å². The molecular weight excluding hydrogens is 419 g/mol. The first-order valence-corrected chi connectivity index (χ1v) is 8.99. The number of nitrogens with one attached hydrogen (secondary N) is 2. The highest BCUT2D eigenvalue weighted by atomic mass is 127. The van der Waals surface area contributed by atoms with Gasteiger partial charge in [-0.25, -0.2) is 0 Å². The first-order chi connectivity index (χ1) is 11.2. The minimum Gasteiger partial charge on any atom is -0.383 e. The number of rotatable bonds is 6. The summed E-state index contributed by atoms with van der Waals surface area (Å²) >= 11 is 0. The van der Waals surface area contributed by atoms with Crippen LogP contribution in [0.15, 0.2) is 4.99 Å². The second-order valence-corrected chi connectivity index (χ2v) is 6.81. The van der Waals surface area contributed by atoms with Crippen LogP contribution in [-0.4, -0.2) is 76.1 Å². The van der Waals surface area contributed by atoms with Gasteiger partial charge < -0.3 is 20.1 Å². The highest BCUT2D eigenvalue weighted by Crippen LogP contribution is 2.33. The zero-order valence-electron chi connectivity index (χ0n) is 15.5. The number of hydrogen-bond acceptors (Lipinski definition) is 4. The summed E-state index contributed by atoms with van der Waals surface area (Å²) in [6.45, 7) is 7.55. The minimum atomic E-state index is 0. The van der Waals surface area contributed by atoms with Crippen LogP contribution < -0.4 is 10.6 Å². The summed E-state index contributed by atoms with van der Waals surface area (Å²) in [6.07, 6.45) is 6.55. The minimum absolute atomic E-state index is 0. The molecule has 0 spiro atoms. The second-order valence-electron chi connectivity index (χ2n) is 6.81. The summed E-state index contributed by atoms with van der Waals surface area (Å²) in [5.74, 6) is 0.868. The molecule has 24 heavy (non-hydrogen) atoms. The molecule has 0 radical (unpaired) electrons. The Hall–Kier alpha value is -0.120. The number of guanidine groups is 1. The van der Waals surface area contributed by atoms with Crippen LogP contribution in [0, 0.1) is 0 Å². The van der Waals surface area contributed by atoms with Gasteiger partial charge in [-0.05, 0) is 19.8 Å². The number of aliphatic imine (C=N–C) groups is 1. The van der Waals surface area contributed by atoms with Gasteiger partial charge >= 0.3 is 0 Å². The second kappa shape index (κ2) is 11.5. The Balaban J connectivity index is 0.00000288. The van der Waals surface area contributed by atoms with Crippen molar-refractivity contribution in [2.24, 2.45) is 4.99 Å². The molecule has 1 aliphatic heterocycles. The third kappa shape index (κ3) is 6.31. The molecule has 0 aromatic carbocycles. The van der Waals surface area contributed by atoms with E-state index in [1.165, 1.54) is 32.1 Å². The first-order valence-electron chi connectivity index (χ1n) is 8.99. The number of morpholine rings is 1. The van der Waals surface area contributed by atoms with Crippen molar-refractivity contribution in [1.82, 2.24) is 15.5 Å². The van der Waals surface area contributed by atoms with Gasteiger partial charge in [0.15, 0.2) is 5.96 Å². The molecule has 7 heteroatoms. The van der Waals surface area contributed by atoms with Crippen LogP contribution in [0.4, 0.5) is 0 Å². The van der Waals surface area contributed by atoms with Crippen LogP contribution >= 0.6 is 24.0 Å². The maximum absolute atomic E-state index is 5.55. The van der Waals surface area contributed by atoms with Gasteiger partial charge in [0.1, 0.15) is 0 Å². The number of nitrogens with zero attached hydrogens (tertiary/aromatic N) is 2. The largest absolute Gasteiger partial charge is 0.383 e. The van der Waals surface area contributed by atoms with Crippen molar-refractivity contribution < 1.29 is 9.47 Å². The van der Waals surface area contributed by atoms with E-state index in [0.29, 0.717) is 6.61 Å². The number of ether oxygens (including phenoxy) is 2. The van der Waals surface area contributed by atoms with Gasteiger partial charge in [0, 0.05) is 45.4 Å². The fourth-order valence-electron chi connectivity index (χ4n) is 3.82. The fourth-order valence-corrected chi connectivity index (χ4v) is 3.82. The van der Waals surface area contributed by atoms with Crippen molar-refractivity contribution >= 4 is 29.9 Å². The Bertz CT molecular complexity index is 370. The molecule has 2 rings (SSSR count). The maximum atomic E-state index is 5.55. The smallest absolute Gasteiger partial charge is 0.191 e. The van der Waals surface area contributed by atoms with Crippen molar-refractivity contribution in [3.63, 3.8) is 0 Å². The molecule has 1 heterocycles. The molecule has 2 aliphatic rings. The van der Waals surface area contributed by atoms with Crippen molar-refractivity contribution in [2.45, 2.75) is 50.6 Å². The SMILES string of the molecule is CN=C(NCC1(N2CCOCC2)CCCCC1)NC(C)COC.I. The van der Waals surface area contributed by atoms with E-state index in [1.807, 2.05) is 7.05 Å². The van der Waals surface area contributed by atoms with Crippen molar-refractivity contribution in [3.05, 3.63) is 0 Å². The Morgan fingerprint density at radius 2 is 1.92 bits per heavy atom. The Labute approximate surface area is 164 Å². The third-order valence-corrected chi connectivity index (χ3v) is 5.07. The quantitative estimate of drug-likeness (QED) is 0.365. The average Bonchev–Trinajstić information content (AvgIpc) is 2.60. The highest BCUT2D eigenvalue weighted by molar-refractivity contribution is 14.0. The summed E-state index contributed by atoms with van der Waals surface area (Å²) in [4.78, 5) is 7.01. The number of halogens is 1. The highest BCUT2D eigenvalue weighted by Gasteiger charge is 2.38. The summed E-state index contributed by atoms with van der Waals surface area (Å²) in [5, 5.41) is 6.97. The standard InChI is InChI=1S/C17H34N4O2.HI/c1-15(13-22-3)20-16(18-2)19-14-17(7-5-4-6-8-17)21-9-11-23-12-10-21;/h15H,4-14H2,1-3H3,(H2,18,19,20);1H. The molecule has 0 amide bonds. The Kier molecular flexibility index (Phi) is 10.5. The molecule has 0 aromatic rings.